The molecule has 0 unspecified atom stereocenters. The van der Waals surface area contributed by atoms with Gasteiger partial charge in [-0.3, -0.25) is 9.97 Å². The molecule has 0 atom stereocenters. The number of nitrogen functional groups attached to an aromatic ring is 1. The minimum absolute atomic E-state index is 0.206. The van der Waals surface area contributed by atoms with Crippen LogP contribution in [0.15, 0.2) is 30.9 Å². The van der Waals surface area contributed by atoms with Gasteiger partial charge in [-0.05, 0) is 6.07 Å². The molecular formula is C9H7FN4. The normalized spacial score (nSPS) is 10.1. The van der Waals surface area contributed by atoms with E-state index >= 15 is 0 Å². The van der Waals surface area contributed by atoms with Gasteiger partial charge in [-0.2, -0.15) is 0 Å². The number of nitrogens with zero attached hydrogens (tertiary/aromatic N) is 3. The van der Waals surface area contributed by atoms with Gasteiger partial charge < -0.3 is 5.73 Å². The predicted octanol–water partition coefficient (Wildman–Crippen LogP) is 1.26. The van der Waals surface area contributed by atoms with Crippen molar-refractivity contribution in [2.45, 2.75) is 0 Å². The molecule has 14 heavy (non-hydrogen) atoms. The number of nitrogens with two attached hydrogens (primary N) is 1. The Morgan fingerprint density at radius 2 is 1.93 bits per heavy atom. The van der Waals surface area contributed by atoms with Crippen LogP contribution < -0.4 is 5.73 Å². The summed E-state index contributed by atoms with van der Waals surface area (Å²) in [5, 5.41) is 0. The molecule has 2 heterocycles. The monoisotopic (exact) mass is 190 g/mol. The number of rotatable bonds is 1. The van der Waals surface area contributed by atoms with E-state index in [1.165, 1.54) is 24.7 Å². The molecule has 5 heteroatoms. The molecule has 0 saturated heterocycles. The van der Waals surface area contributed by atoms with Gasteiger partial charge in [0, 0.05) is 24.2 Å². The van der Waals surface area contributed by atoms with Crippen molar-refractivity contribution in [3.63, 3.8) is 0 Å². The maximum atomic E-state index is 13.3. The molecule has 2 aromatic rings. The van der Waals surface area contributed by atoms with E-state index < -0.39 is 5.82 Å². The first-order chi connectivity index (χ1) is 6.79. The fourth-order valence-corrected chi connectivity index (χ4v) is 1.12. The van der Waals surface area contributed by atoms with Gasteiger partial charge in [0.15, 0.2) is 5.82 Å². The van der Waals surface area contributed by atoms with Crippen molar-refractivity contribution in [2.24, 2.45) is 0 Å². The molecule has 2 rings (SSSR count). The summed E-state index contributed by atoms with van der Waals surface area (Å²) in [7, 11) is 0. The lowest BCUT2D eigenvalue weighted by Gasteiger charge is -2.03. The molecule has 2 aromatic heterocycles. The Morgan fingerprint density at radius 1 is 1.14 bits per heavy atom. The summed E-state index contributed by atoms with van der Waals surface area (Å²) < 4.78 is 13.3. The molecule has 2 N–H and O–H groups in total. The zero-order valence-electron chi connectivity index (χ0n) is 7.18. The fraction of sp³-hybridized carbons (Fsp3) is 0. The van der Waals surface area contributed by atoms with Crippen LogP contribution in [0.4, 0.5) is 10.2 Å². The van der Waals surface area contributed by atoms with Crippen LogP contribution in [0.3, 0.4) is 0 Å². The lowest BCUT2D eigenvalue weighted by molar-refractivity contribution is 0.624. The van der Waals surface area contributed by atoms with Crippen LogP contribution in [-0.2, 0) is 0 Å². The Labute approximate surface area is 79.7 Å². The van der Waals surface area contributed by atoms with Crippen LogP contribution in [0.2, 0.25) is 0 Å². The van der Waals surface area contributed by atoms with Gasteiger partial charge in [0.05, 0.1) is 6.20 Å². The smallest absolute Gasteiger partial charge is 0.150 e. The molecule has 0 bridgehead atoms. The highest BCUT2D eigenvalue weighted by atomic mass is 19.1. The number of pyridine rings is 1. The molecule has 4 nitrogen and oxygen atoms in total. The second-order valence-corrected chi connectivity index (χ2v) is 2.65. The Bertz CT molecular complexity index is 415. The van der Waals surface area contributed by atoms with E-state index in [1.807, 2.05) is 0 Å². The van der Waals surface area contributed by atoms with E-state index in [1.54, 1.807) is 0 Å². The second kappa shape index (κ2) is 3.37. The summed E-state index contributed by atoms with van der Waals surface area (Å²) in [6, 6.07) is 1.51. The Kier molecular flexibility index (Phi) is 2.06. The second-order valence-electron chi connectivity index (χ2n) is 2.65. The van der Waals surface area contributed by atoms with Gasteiger partial charge in [0.2, 0.25) is 0 Å². The Hall–Kier alpha value is -2.04. The number of aromatic nitrogens is 3. The minimum atomic E-state index is -0.459. The third-order valence-electron chi connectivity index (χ3n) is 1.75. The van der Waals surface area contributed by atoms with Crippen LogP contribution in [0.5, 0.6) is 0 Å². The first kappa shape index (κ1) is 8.55. The summed E-state index contributed by atoms with van der Waals surface area (Å²) in [6.45, 7) is 0. The van der Waals surface area contributed by atoms with E-state index in [9.17, 15) is 4.39 Å². The van der Waals surface area contributed by atoms with Crippen LogP contribution in [0.25, 0.3) is 11.3 Å². The van der Waals surface area contributed by atoms with E-state index in [2.05, 4.69) is 15.0 Å². The van der Waals surface area contributed by atoms with Crippen molar-refractivity contribution in [3.05, 3.63) is 36.7 Å². The van der Waals surface area contributed by atoms with Gasteiger partial charge in [-0.15, -0.1) is 0 Å². The molecule has 0 aliphatic rings. The number of hydrogen-bond donors (Lipinski definition) is 1. The predicted molar refractivity (Wildman–Crippen MR) is 49.6 cm³/mol. The number of halogens is 1. The molecular weight excluding hydrogens is 183 g/mol. The van der Waals surface area contributed by atoms with Crippen LogP contribution in [-0.4, -0.2) is 15.0 Å². The molecule has 0 amide bonds. The van der Waals surface area contributed by atoms with Crippen LogP contribution >= 0.6 is 0 Å². The maximum absolute atomic E-state index is 13.3. The largest absolute Gasteiger partial charge is 0.382 e. The molecule has 0 radical (unpaired) electrons. The van der Waals surface area contributed by atoms with E-state index in [-0.39, 0.29) is 5.82 Å². The van der Waals surface area contributed by atoms with Crippen molar-refractivity contribution in [2.75, 3.05) is 5.73 Å². The van der Waals surface area contributed by atoms with Gasteiger partial charge in [-0.1, -0.05) is 0 Å². The summed E-state index contributed by atoms with van der Waals surface area (Å²) >= 11 is 0. The molecule has 0 aliphatic carbocycles. The summed E-state index contributed by atoms with van der Waals surface area (Å²) in [4.78, 5) is 11.4. The SMILES string of the molecule is Nc1nccnc1-c1ccncc1F. The zero-order valence-corrected chi connectivity index (χ0v) is 7.18. The maximum Gasteiger partial charge on any atom is 0.150 e. The lowest BCUT2D eigenvalue weighted by Crippen LogP contribution is -1.97. The highest BCUT2D eigenvalue weighted by molar-refractivity contribution is 5.69. The van der Waals surface area contributed by atoms with Crippen molar-refractivity contribution >= 4 is 5.82 Å². The fourth-order valence-electron chi connectivity index (χ4n) is 1.12. The minimum Gasteiger partial charge on any atom is -0.382 e. The van der Waals surface area contributed by atoms with Crippen molar-refractivity contribution in [1.82, 2.24) is 15.0 Å². The Balaban J connectivity index is 2.61. The molecule has 0 aromatic carbocycles. The first-order valence-electron chi connectivity index (χ1n) is 3.95. The molecule has 0 fully saturated rings. The summed E-state index contributed by atoms with van der Waals surface area (Å²) in [6.07, 6.45) is 5.51. The molecule has 0 aliphatic heterocycles. The highest BCUT2D eigenvalue weighted by Crippen LogP contribution is 2.22. The average Bonchev–Trinajstić information content (AvgIpc) is 2.20. The van der Waals surface area contributed by atoms with Crippen LogP contribution in [0, 0.1) is 5.82 Å². The van der Waals surface area contributed by atoms with Crippen LogP contribution in [0.1, 0.15) is 0 Å². The van der Waals surface area contributed by atoms with E-state index in [0.29, 0.717) is 11.3 Å². The highest BCUT2D eigenvalue weighted by Gasteiger charge is 2.09. The molecule has 70 valence electrons. The molecule has 0 saturated carbocycles. The Morgan fingerprint density at radius 3 is 2.64 bits per heavy atom. The summed E-state index contributed by atoms with van der Waals surface area (Å²) in [5.41, 5.74) is 6.21. The van der Waals surface area contributed by atoms with Gasteiger partial charge in [0.1, 0.15) is 11.5 Å². The lowest BCUT2D eigenvalue weighted by atomic mass is 10.2. The van der Waals surface area contributed by atoms with Crippen molar-refractivity contribution < 1.29 is 4.39 Å². The third kappa shape index (κ3) is 1.39. The quantitative estimate of drug-likeness (QED) is 0.735. The van der Waals surface area contributed by atoms with Gasteiger partial charge >= 0.3 is 0 Å². The topological polar surface area (TPSA) is 64.7 Å². The third-order valence-corrected chi connectivity index (χ3v) is 1.75. The van der Waals surface area contributed by atoms with E-state index in [0.717, 1.165) is 6.20 Å². The van der Waals surface area contributed by atoms with Gasteiger partial charge in [-0.25, -0.2) is 9.37 Å². The molecule has 0 spiro atoms. The van der Waals surface area contributed by atoms with E-state index in [4.69, 9.17) is 5.73 Å². The number of hydrogen-bond acceptors (Lipinski definition) is 4. The zero-order chi connectivity index (χ0) is 9.97. The first-order valence-corrected chi connectivity index (χ1v) is 3.95. The van der Waals surface area contributed by atoms with Gasteiger partial charge in [0.25, 0.3) is 0 Å². The van der Waals surface area contributed by atoms with Crippen molar-refractivity contribution in [1.29, 1.82) is 0 Å². The average molecular weight is 190 g/mol. The number of anilines is 1. The standard InChI is InChI=1S/C9H7FN4/c10-7-5-12-2-1-6(7)8-9(11)14-4-3-13-8/h1-5H,(H2,11,14). The summed E-state index contributed by atoms with van der Waals surface area (Å²) in [5.74, 6) is -0.252. The van der Waals surface area contributed by atoms with Crippen molar-refractivity contribution in [3.8, 4) is 11.3 Å².